The molecule has 166 valence electrons. The van der Waals surface area contributed by atoms with Gasteiger partial charge < -0.3 is 0 Å². The average Bonchev–Trinajstić information content (AvgIpc) is 2.84. The molecule has 1 N–H and O–H groups in total. The number of benzene rings is 3. The Balaban J connectivity index is 1.45. The Hall–Kier alpha value is -3.23. The van der Waals surface area contributed by atoms with E-state index in [0.717, 1.165) is 17.4 Å². The smallest absolute Gasteiger partial charge is 0.245 e. The molecule has 1 aliphatic rings. The molecule has 0 saturated carbocycles. The Bertz CT molecular complexity index is 1130. The van der Waals surface area contributed by atoms with Crippen molar-refractivity contribution in [2.75, 3.05) is 18.1 Å². The van der Waals surface area contributed by atoms with Crippen LogP contribution in [-0.2, 0) is 14.8 Å². The lowest BCUT2D eigenvalue weighted by atomic mass is 9.97. The lowest BCUT2D eigenvalue weighted by Gasteiger charge is -2.33. The predicted octanol–water partition coefficient (Wildman–Crippen LogP) is 4.10. The normalized spacial score (nSPS) is 15.3. The largest absolute Gasteiger partial charge is 0.273 e. The van der Waals surface area contributed by atoms with Gasteiger partial charge in [-0.15, -0.1) is 0 Å². The molecule has 32 heavy (non-hydrogen) atoms. The van der Waals surface area contributed by atoms with Gasteiger partial charge in [-0.05, 0) is 49.2 Å². The topological polar surface area (TPSA) is 69.7 Å². The third kappa shape index (κ3) is 4.66. The van der Waals surface area contributed by atoms with Gasteiger partial charge in [-0.3, -0.25) is 15.2 Å². The highest BCUT2D eigenvalue weighted by Crippen LogP contribution is 2.27. The molecule has 0 spiro atoms. The minimum absolute atomic E-state index is 0.158. The van der Waals surface area contributed by atoms with Crippen LogP contribution in [0.3, 0.4) is 0 Å². The molecule has 3 aromatic carbocycles. The minimum Gasteiger partial charge on any atom is -0.273 e. The highest BCUT2D eigenvalue weighted by molar-refractivity contribution is 7.89. The predicted molar refractivity (Wildman–Crippen MR) is 121 cm³/mol. The lowest BCUT2D eigenvalue weighted by molar-refractivity contribution is -0.126. The summed E-state index contributed by atoms with van der Waals surface area (Å²) in [5.74, 6) is -1.30. The van der Waals surface area contributed by atoms with Gasteiger partial charge in [0, 0.05) is 19.0 Å². The zero-order chi connectivity index (χ0) is 22.6. The molecule has 6 nitrogen and oxygen atoms in total. The van der Waals surface area contributed by atoms with E-state index in [1.807, 2.05) is 60.7 Å². The quantitative estimate of drug-likeness (QED) is 0.571. The number of para-hydroxylation sites is 2. The van der Waals surface area contributed by atoms with Crippen LogP contribution in [0.25, 0.3) is 0 Å². The maximum atomic E-state index is 14.0. The van der Waals surface area contributed by atoms with Crippen molar-refractivity contribution in [3.63, 3.8) is 0 Å². The Morgan fingerprint density at radius 1 is 0.844 bits per heavy atom. The average molecular weight is 454 g/mol. The molecule has 1 heterocycles. The third-order valence-electron chi connectivity index (χ3n) is 5.53. The molecule has 0 bridgehead atoms. The fourth-order valence-electron chi connectivity index (χ4n) is 3.79. The van der Waals surface area contributed by atoms with Gasteiger partial charge in [-0.25, -0.2) is 12.8 Å². The van der Waals surface area contributed by atoms with Crippen LogP contribution in [0.5, 0.6) is 0 Å². The standard InChI is InChI=1S/C24H24FN3O3S/c25-22-13-7-8-14-23(22)32(30,31)27-17-15-19(16-18-27)24(29)26-28(20-9-3-1-4-10-20)21-11-5-2-6-12-21/h1-14,19H,15-18H2,(H,26,29). The van der Waals surface area contributed by atoms with E-state index in [4.69, 9.17) is 0 Å². The van der Waals surface area contributed by atoms with Crippen LogP contribution in [0, 0.1) is 11.7 Å². The molecule has 8 heteroatoms. The Morgan fingerprint density at radius 2 is 1.34 bits per heavy atom. The maximum Gasteiger partial charge on any atom is 0.245 e. The van der Waals surface area contributed by atoms with Gasteiger partial charge in [0.05, 0.1) is 11.4 Å². The SMILES string of the molecule is O=C(NN(c1ccccc1)c1ccccc1)C1CCN(S(=O)(=O)c2ccccc2F)CC1. The Kier molecular flexibility index (Phi) is 6.53. The second-order valence-electron chi connectivity index (χ2n) is 7.59. The van der Waals surface area contributed by atoms with Gasteiger partial charge in [0.15, 0.2) is 0 Å². The summed E-state index contributed by atoms with van der Waals surface area (Å²) < 4.78 is 40.9. The van der Waals surface area contributed by atoms with E-state index in [2.05, 4.69) is 5.43 Å². The fraction of sp³-hybridized carbons (Fsp3) is 0.208. The number of hydrogen-bond acceptors (Lipinski definition) is 4. The van der Waals surface area contributed by atoms with Crippen molar-refractivity contribution in [1.82, 2.24) is 9.73 Å². The number of hydrazine groups is 1. The first-order valence-corrected chi connectivity index (χ1v) is 11.9. The van der Waals surface area contributed by atoms with Gasteiger partial charge in [0.1, 0.15) is 10.7 Å². The molecule has 1 aliphatic heterocycles. The van der Waals surface area contributed by atoms with Gasteiger partial charge >= 0.3 is 0 Å². The number of carbonyl (C=O) groups is 1. The molecule has 0 atom stereocenters. The van der Waals surface area contributed by atoms with E-state index in [0.29, 0.717) is 12.8 Å². The van der Waals surface area contributed by atoms with Crippen LogP contribution in [0.15, 0.2) is 89.8 Å². The second kappa shape index (κ2) is 9.50. The number of piperidine rings is 1. The third-order valence-corrected chi connectivity index (χ3v) is 7.46. The van der Waals surface area contributed by atoms with Gasteiger partial charge in [0.25, 0.3) is 0 Å². The molecular formula is C24H24FN3O3S. The van der Waals surface area contributed by atoms with Crippen molar-refractivity contribution in [3.8, 4) is 0 Å². The zero-order valence-electron chi connectivity index (χ0n) is 17.4. The summed E-state index contributed by atoms with van der Waals surface area (Å²) in [6, 6.07) is 24.3. The van der Waals surface area contributed by atoms with E-state index >= 15 is 0 Å². The molecule has 4 rings (SSSR count). The first-order valence-electron chi connectivity index (χ1n) is 10.4. The molecule has 1 amide bonds. The minimum atomic E-state index is -3.93. The molecule has 0 unspecified atom stereocenters. The summed E-state index contributed by atoms with van der Waals surface area (Å²) in [6.45, 7) is 0.316. The van der Waals surface area contributed by atoms with Crippen LogP contribution < -0.4 is 10.4 Å². The monoisotopic (exact) mass is 453 g/mol. The summed E-state index contributed by atoms with van der Waals surface area (Å²) in [6.07, 6.45) is 0.716. The van der Waals surface area contributed by atoms with Crippen LogP contribution >= 0.6 is 0 Å². The zero-order valence-corrected chi connectivity index (χ0v) is 18.2. The highest BCUT2D eigenvalue weighted by Gasteiger charge is 2.34. The molecule has 1 saturated heterocycles. The summed E-state index contributed by atoms with van der Waals surface area (Å²) in [7, 11) is -3.93. The van der Waals surface area contributed by atoms with Gasteiger partial charge in [-0.2, -0.15) is 4.31 Å². The van der Waals surface area contributed by atoms with Crippen molar-refractivity contribution in [2.45, 2.75) is 17.7 Å². The van der Waals surface area contributed by atoms with E-state index < -0.39 is 15.8 Å². The number of nitrogens with one attached hydrogen (secondary N) is 1. The molecule has 3 aromatic rings. The van der Waals surface area contributed by atoms with Crippen LogP contribution in [-0.4, -0.2) is 31.7 Å². The lowest BCUT2D eigenvalue weighted by Crippen LogP contribution is -2.47. The maximum absolute atomic E-state index is 14.0. The van der Waals surface area contributed by atoms with Crippen molar-refractivity contribution in [3.05, 3.63) is 90.7 Å². The number of anilines is 2. The summed E-state index contributed by atoms with van der Waals surface area (Å²) >= 11 is 0. The number of halogens is 1. The molecular weight excluding hydrogens is 429 g/mol. The first kappa shape index (κ1) is 22.0. The van der Waals surface area contributed by atoms with Crippen molar-refractivity contribution in [1.29, 1.82) is 0 Å². The van der Waals surface area contributed by atoms with Crippen LogP contribution in [0.2, 0.25) is 0 Å². The van der Waals surface area contributed by atoms with Crippen LogP contribution in [0.4, 0.5) is 15.8 Å². The number of sulfonamides is 1. The molecule has 0 aromatic heterocycles. The Labute approximate surface area is 187 Å². The highest BCUT2D eigenvalue weighted by atomic mass is 32.2. The number of amides is 1. The summed E-state index contributed by atoms with van der Waals surface area (Å²) in [5.41, 5.74) is 4.60. The van der Waals surface area contributed by atoms with E-state index in [-0.39, 0.29) is 29.8 Å². The number of nitrogens with zero attached hydrogens (tertiary/aromatic N) is 2. The van der Waals surface area contributed by atoms with E-state index in [1.54, 1.807) is 5.01 Å². The van der Waals surface area contributed by atoms with Gasteiger partial charge in [0.2, 0.25) is 15.9 Å². The van der Waals surface area contributed by atoms with Crippen LogP contribution in [0.1, 0.15) is 12.8 Å². The first-order chi connectivity index (χ1) is 15.5. The summed E-state index contributed by atoms with van der Waals surface area (Å²) in [5, 5.41) is 1.73. The van der Waals surface area contributed by atoms with Crippen molar-refractivity contribution >= 4 is 27.3 Å². The number of hydrogen-bond donors (Lipinski definition) is 1. The van der Waals surface area contributed by atoms with Crippen molar-refractivity contribution < 1.29 is 17.6 Å². The number of rotatable bonds is 6. The summed E-state index contributed by atoms with van der Waals surface area (Å²) in [4.78, 5) is 12.7. The van der Waals surface area contributed by atoms with E-state index in [1.165, 1.54) is 22.5 Å². The number of carbonyl (C=O) groups excluding carboxylic acids is 1. The fourth-order valence-corrected chi connectivity index (χ4v) is 5.32. The molecule has 0 aliphatic carbocycles. The Morgan fingerprint density at radius 3 is 1.88 bits per heavy atom. The van der Waals surface area contributed by atoms with E-state index in [9.17, 15) is 17.6 Å². The van der Waals surface area contributed by atoms with Gasteiger partial charge in [-0.1, -0.05) is 48.5 Å². The molecule has 0 radical (unpaired) electrons. The van der Waals surface area contributed by atoms with Crippen molar-refractivity contribution in [2.24, 2.45) is 5.92 Å². The molecule has 1 fully saturated rings. The second-order valence-corrected chi connectivity index (χ2v) is 9.50.